The van der Waals surface area contributed by atoms with Crippen molar-refractivity contribution in [1.29, 1.82) is 0 Å². The van der Waals surface area contributed by atoms with Crippen LogP contribution in [0.2, 0.25) is 0 Å². The first-order valence-electron chi connectivity index (χ1n) is 9.33. The summed E-state index contributed by atoms with van der Waals surface area (Å²) in [6.07, 6.45) is -0.436. The number of carbonyl (C=O) groups is 1. The second-order valence-electron chi connectivity index (χ2n) is 7.30. The Balaban J connectivity index is 1.65. The van der Waals surface area contributed by atoms with Crippen molar-refractivity contribution in [1.82, 2.24) is 0 Å². The largest absolute Gasteiger partial charge is 0.493 e. The quantitative estimate of drug-likeness (QED) is 0.649. The van der Waals surface area contributed by atoms with Crippen molar-refractivity contribution in [2.24, 2.45) is 0 Å². The molecule has 0 bridgehead atoms. The van der Waals surface area contributed by atoms with Gasteiger partial charge in [-0.05, 0) is 36.8 Å². The maximum Gasteiger partial charge on any atom is 0.178 e. The van der Waals surface area contributed by atoms with E-state index in [1.165, 1.54) is 0 Å². The molecule has 0 fully saturated rings. The fourth-order valence-electron chi connectivity index (χ4n) is 4.06. The van der Waals surface area contributed by atoms with Gasteiger partial charge in [0.2, 0.25) is 0 Å². The highest BCUT2D eigenvalue weighted by Crippen LogP contribution is 2.48. The molecule has 0 aliphatic carbocycles. The third-order valence-corrected chi connectivity index (χ3v) is 5.52. The average Bonchev–Trinajstić information content (AvgIpc) is 3.17. The molecule has 0 saturated carbocycles. The molecule has 0 unspecified atom stereocenters. The molecule has 1 aromatic heterocycles. The molecule has 2 aliphatic rings. The monoisotopic (exact) mass is 392 g/mol. The molecular weight excluding hydrogens is 372 g/mol. The SMILES string of the molecule is C=C(C)c1cc2c3c(ccc2o1)C(=O)[C@H]1c2cc(OC)c(OC)cc2OC[C@H]1O3. The van der Waals surface area contributed by atoms with Gasteiger partial charge < -0.3 is 23.4 Å². The summed E-state index contributed by atoms with van der Waals surface area (Å²) < 4.78 is 28.8. The summed E-state index contributed by atoms with van der Waals surface area (Å²) in [6.45, 7) is 6.06. The molecule has 148 valence electrons. The topological polar surface area (TPSA) is 67.1 Å². The molecule has 29 heavy (non-hydrogen) atoms. The number of furan rings is 1. The van der Waals surface area contributed by atoms with Gasteiger partial charge in [-0.3, -0.25) is 4.79 Å². The Labute approximate surface area is 167 Å². The van der Waals surface area contributed by atoms with Gasteiger partial charge in [0, 0.05) is 11.6 Å². The number of ether oxygens (including phenoxy) is 4. The van der Waals surface area contributed by atoms with Gasteiger partial charge in [0.25, 0.3) is 0 Å². The van der Waals surface area contributed by atoms with E-state index in [-0.39, 0.29) is 12.4 Å². The highest BCUT2D eigenvalue weighted by atomic mass is 16.5. The van der Waals surface area contributed by atoms with Crippen LogP contribution >= 0.6 is 0 Å². The Hall–Kier alpha value is -3.41. The number of methoxy groups -OCH3 is 2. The summed E-state index contributed by atoms with van der Waals surface area (Å²) in [7, 11) is 3.13. The van der Waals surface area contributed by atoms with Crippen molar-refractivity contribution >= 4 is 22.3 Å². The van der Waals surface area contributed by atoms with Crippen molar-refractivity contribution in [2.45, 2.75) is 18.9 Å². The van der Waals surface area contributed by atoms with E-state index in [0.29, 0.717) is 39.9 Å². The Morgan fingerprint density at radius 2 is 1.90 bits per heavy atom. The van der Waals surface area contributed by atoms with Crippen LogP contribution < -0.4 is 18.9 Å². The van der Waals surface area contributed by atoms with E-state index in [0.717, 1.165) is 16.5 Å². The highest BCUT2D eigenvalue weighted by Gasteiger charge is 2.44. The van der Waals surface area contributed by atoms with Gasteiger partial charge in [0.05, 0.1) is 31.1 Å². The molecule has 0 amide bonds. The van der Waals surface area contributed by atoms with E-state index in [1.54, 1.807) is 38.5 Å². The fourth-order valence-corrected chi connectivity index (χ4v) is 4.06. The van der Waals surface area contributed by atoms with Crippen LogP contribution in [-0.2, 0) is 0 Å². The zero-order valence-corrected chi connectivity index (χ0v) is 16.4. The molecule has 6 nitrogen and oxygen atoms in total. The van der Waals surface area contributed by atoms with Crippen LogP contribution in [0.15, 0.2) is 41.3 Å². The van der Waals surface area contributed by atoms with E-state index >= 15 is 0 Å². The first-order valence-corrected chi connectivity index (χ1v) is 9.33. The van der Waals surface area contributed by atoms with Crippen LogP contribution in [0, 0.1) is 0 Å². The van der Waals surface area contributed by atoms with Crippen molar-refractivity contribution in [3.05, 3.63) is 53.8 Å². The Morgan fingerprint density at radius 1 is 1.14 bits per heavy atom. The molecule has 2 aromatic carbocycles. The number of hydrogen-bond acceptors (Lipinski definition) is 6. The standard InChI is InChI=1S/C23H20O6/c1-11(2)16-8-14-15(28-16)6-5-12-22(24)21-13-7-18(25-3)19(26-4)9-17(13)27-10-20(21)29-23(12)14/h5-9,20-21H,1,10H2,2-4H3/t20-,21+/m1/s1. The lowest BCUT2D eigenvalue weighted by molar-refractivity contribution is 0.0566. The molecule has 0 radical (unpaired) electrons. The fraction of sp³-hybridized carbons (Fsp3) is 0.261. The molecule has 6 heteroatoms. The molecule has 0 N–H and O–H groups in total. The van der Waals surface area contributed by atoms with E-state index < -0.39 is 12.0 Å². The number of hydrogen-bond donors (Lipinski definition) is 0. The zero-order chi connectivity index (χ0) is 20.3. The van der Waals surface area contributed by atoms with Gasteiger partial charge in [-0.25, -0.2) is 0 Å². The van der Waals surface area contributed by atoms with Crippen molar-refractivity contribution in [3.8, 4) is 23.0 Å². The Bertz CT molecular complexity index is 1170. The molecule has 2 atom stereocenters. The van der Waals surface area contributed by atoms with Crippen LogP contribution in [0.4, 0.5) is 0 Å². The third-order valence-electron chi connectivity index (χ3n) is 5.52. The molecule has 0 spiro atoms. The minimum atomic E-state index is -0.476. The molecule has 2 aliphatic heterocycles. The first kappa shape index (κ1) is 17.7. The lowest BCUT2D eigenvalue weighted by atomic mass is 9.81. The number of carbonyl (C=O) groups excluding carboxylic acids is 1. The Kier molecular flexibility index (Phi) is 3.84. The van der Waals surface area contributed by atoms with Gasteiger partial charge in [-0.1, -0.05) is 6.58 Å². The number of rotatable bonds is 3. The predicted molar refractivity (Wildman–Crippen MR) is 107 cm³/mol. The minimum Gasteiger partial charge on any atom is -0.493 e. The lowest BCUT2D eigenvalue weighted by Crippen LogP contribution is -2.43. The summed E-state index contributed by atoms with van der Waals surface area (Å²) in [5, 5.41) is 0.769. The second-order valence-corrected chi connectivity index (χ2v) is 7.30. The van der Waals surface area contributed by atoms with Crippen LogP contribution in [0.5, 0.6) is 23.0 Å². The van der Waals surface area contributed by atoms with Crippen molar-refractivity contribution < 1.29 is 28.2 Å². The van der Waals surface area contributed by atoms with Gasteiger partial charge in [-0.15, -0.1) is 0 Å². The first-order chi connectivity index (χ1) is 14.0. The van der Waals surface area contributed by atoms with E-state index in [9.17, 15) is 4.79 Å². The molecule has 0 saturated heterocycles. The number of fused-ring (bicyclic) bond motifs is 6. The zero-order valence-electron chi connectivity index (χ0n) is 16.4. The van der Waals surface area contributed by atoms with E-state index in [1.807, 2.05) is 13.0 Å². The van der Waals surface area contributed by atoms with Crippen LogP contribution in [0.1, 0.15) is 34.5 Å². The van der Waals surface area contributed by atoms with Crippen molar-refractivity contribution in [2.75, 3.05) is 20.8 Å². The number of allylic oxidation sites excluding steroid dienone is 1. The molecular formula is C23H20O6. The smallest absolute Gasteiger partial charge is 0.178 e. The van der Waals surface area contributed by atoms with Crippen LogP contribution in [0.3, 0.4) is 0 Å². The average molecular weight is 392 g/mol. The number of benzene rings is 2. The van der Waals surface area contributed by atoms with E-state index in [2.05, 4.69) is 6.58 Å². The third kappa shape index (κ3) is 2.52. The summed E-state index contributed by atoms with van der Waals surface area (Å²) in [6, 6.07) is 8.99. The molecule has 3 aromatic rings. The molecule has 5 rings (SSSR count). The highest BCUT2D eigenvalue weighted by molar-refractivity contribution is 6.09. The summed E-state index contributed by atoms with van der Waals surface area (Å²) in [4.78, 5) is 13.5. The Morgan fingerprint density at radius 3 is 2.62 bits per heavy atom. The summed E-state index contributed by atoms with van der Waals surface area (Å²) in [5.74, 6) is 2.45. The van der Waals surface area contributed by atoms with Crippen LogP contribution in [0.25, 0.3) is 16.5 Å². The molecule has 3 heterocycles. The van der Waals surface area contributed by atoms with Crippen molar-refractivity contribution in [3.63, 3.8) is 0 Å². The summed E-state index contributed by atoms with van der Waals surface area (Å²) >= 11 is 0. The number of ketones is 1. The normalized spacial score (nSPS) is 19.5. The van der Waals surface area contributed by atoms with Gasteiger partial charge in [0.15, 0.2) is 17.3 Å². The minimum absolute atomic E-state index is 0.00649. The van der Waals surface area contributed by atoms with E-state index in [4.69, 9.17) is 23.4 Å². The summed E-state index contributed by atoms with van der Waals surface area (Å²) in [5.41, 5.74) is 2.75. The van der Waals surface area contributed by atoms with Gasteiger partial charge >= 0.3 is 0 Å². The number of Topliss-reactive ketones (excluding diaryl/α,β-unsaturated/α-hetero) is 1. The van der Waals surface area contributed by atoms with Crippen LogP contribution in [-0.4, -0.2) is 32.7 Å². The van der Waals surface area contributed by atoms with Gasteiger partial charge in [0.1, 0.15) is 35.6 Å². The van der Waals surface area contributed by atoms with Gasteiger partial charge in [-0.2, -0.15) is 0 Å². The predicted octanol–water partition coefficient (Wildman–Crippen LogP) is 4.60. The maximum atomic E-state index is 13.5. The lowest BCUT2D eigenvalue weighted by Gasteiger charge is -2.37. The maximum absolute atomic E-state index is 13.5. The second kappa shape index (κ2) is 6.30.